The van der Waals surface area contributed by atoms with Gasteiger partial charge in [-0.3, -0.25) is 14.9 Å². The number of amides is 2. The molecule has 2 rings (SSSR count). The Bertz CT molecular complexity index is 875. The highest BCUT2D eigenvalue weighted by atomic mass is 35.5. The smallest absolute Gasteiger partial charge is 0.251 e. The Morgan fingerprint density at radius 2 is 1.96 bits per heavy atom. The van der Waals surface area contributed by atoms with Gasteiger partial charge in [-0.05, 0) is 49.3 Å². The second kappa shape index (κ2) is 8.24. The highest BCUT2D eigenvalue weighted by Crippen LogP contribution is 2.31. The number of nitrogens with one attached hydrogen (secondary N) is 2. The van der Waals surface area contributed by atoms with Crippen molar-refractivity contribution < 1.29 is 9.59 Å². The topological polar surface area (TPSA) is 84.2 Å². The van der Waals surface area contributed by atoms with Crippen LogP contribution in [0.5, 0.6) is 0 Å². The van der Waals surface area contributed by atoms with Crippen molar-refractivity contribution >= 4 is 63.2 Å². The first kappa shape index (κ1) is 19.1. The number of rotatable bonds is 4. The summed E-state index contributed by atoms with van der Waals surface area (Å²) in [5.41, 5.74) is 7.31. The minimum absolute atomic E-state index is 0.0811. The number of carbonyl (C=O) groups excluding carboxylic acids is 2. The fourth-order valence-corrected chi connectivity index (χ4v) is 3.61. The van der Waals surface area contributed by atoms with E-state index in [1.807, 2.05) is 19.9 Å². The van der Waals surface area contributed by atoms with Crippen molar-refractivity contribution in [3.8, 4) is 0 Å². The van der Waals surface area contributed by atoms with Crippen molar-refractivity contribution in [3.63, 3.8) is 0 Å². The van der Waals surface area contributed by atoms with Gasteiger partial charge in [0, 0.05) is 16.0 Å². The lowest BCUT2D eigenvalue weighted by molar-refractivity contribution is -0.115. The van der Waals surface area contributed by atoms with Crippen LogP contribution in [0.25, 0.3) is 6.08 Å². The molecule has 0 aliphatic heterocycles. The SMILES string of the molecule is Cc1sc(NC(=S)NC(=O)/C=C/c2ccccc2Cl)c(C(N)=O)c1C. The maximum Gasteiger partial charge on any atom is 0.251 e. The molecular weight excluding hydrogens is 378 g/mol. The van der Waals surface area contributed by atoms with Gasteiger partial charge < -0.3 is 11.1 Å². The molecule has 0 spiro atoms. The maximum absolute atomic E-state index is 12.0. The summed E-state index contributed by atoms with van der Waals surface area (Å²) < 4.78 is 0. The van der Waals surface area contributed by atoms with Gasteiger partial charge in [-0.2, -0.15) is 0 Å². The molecule has 0 saturated heterocycles. The van der Waals surface area contributed by atoms with Crippen molar-refractivity contribution in [2.24, 2.45) is 5.73 Å². The van der Waals surface area contributed by atoms with Gasteiger partial charge in [0.2, 0.25) is 5.91 Å². The van der Waals surface area contributed by atoms with E-state index >= 15 is 0 Å². The number of benzene rings is 1. The number of anilines is 1. The number of thiophene rings is 1. The zero-order valence-electron chi connectivity index (χ0n) is 13.6. The van der Waals surface area contributed by atoms with Crippen LogP contribution in [0.2, 0.25) is 5.02 Å². The third-order valence-electron chi connectivity index (χ3n) is 3.41. The number of carbonyl (C=O) groups is 2. The van der Waals surface area contributed by atoms with Crippen LogP contribution in [0.3, 0.4) is 0 Å². The second-order valence-corrected chi connectivity index (χ2v) is 7.19. The molecular formula is C17H16ClN3O2S2. The first-order valence-electron chi connectivity index (χ1n) is 7.24. The predicted octanol–water partition coefficient (Wildman–Crippen LogP) is 3.64. The molecule has 0 radical (unpaired) electrons. The van der Waals surface area contributed by atoms with Gasteiger partial charge in [0.25, 0.3) is 5.91 Å². The first-order chi connectivity index (χ1) is 11.8. The molecule has 2 amide bonds. The molecule has 0 saturated carbocycles. The fourth-order valence-electron chi connectivity index (χ4n) is 2.08. The number of hydrogen-bond acceptors (Lipinski definition) is 4. The Labute approximate surface area is 159 Å². The van der Waals surface area contributed by atoms with Crippen LogP contribution in [-0.4, -0.2) is 16.9 Å². The molecule has 0 unspecified atom stereocenters. The van der Waals surface area contributed by atoms with Crippen LogP contribution < -0.4 is 16.4 Å². The Morgan fingerprint density at radius 3 is 2.60 bits per heavy atom. The minimum atomic E-state index is -0.544. The Balaban J connectivity index is 2.03. The lowest BCUT2D eigenvalue weighted by Gasteiger charge is -2.08. The average Bonchev–Trinajstić information content (AvgIpc) is 2.80. The molecule has 1 aromatic heterocycles. The van der Waals surface area contributed by atoms with Crippen molar-refractivity contribution in [3.05, 3.63) is 56.9 Å². The van der Waals surface area contributed by atoms with E-state index in [9.17, 15) is 9.59 Å². The lowest BCUT2D eigenvalue weighted by Crippen LogP contribution is -2.33. The molecule has 0 aliphatic carbocycles. The molecule has 0 fully saturated rings. The Kier molecular flexibility index (Phi) is 6.30. The summed E-state index contributed by atoms with van der Waals surface area (Å²) >= 11 is 12.5. The molecule has 0 atom stereocenters. The van der Waals surface area contributed by atoms with E-state index in [1.165, 1.54) is 17.4 Å². The number of nitrogens with two attached hydrogens (primary N) is 1. The Morgan fingerprint density at radius 1 is 1.28 bits per heavy atom. The van der Waals surface area contributed by atoms with E-state index in [4.69, 9.17) is 29.6 Å². The van der Waals surface area contributed by atoms with Crippen molar-refractivity contribution in [1.29, 1.82) is 0 Å². The summed E-state index contributed by atoms with van der Waals surface area (Å²) in [6.45, 7) is 3.69. The highest BCUT2D eigenvalue weighted by Gasteiger charge is 2.18. The number of thiocarbonyl (C=S) groups is 1. The molecule has 5 nitrogen and oxygen atoms in total. The Hall–Kier alpha value is -2.22. The van der Waals surface area contributed by atoms with E-state index in [0.29, 0.717) is 15.6 Å². The van der Waals surface area contributed by atoms with Crippen LogP contribution in [0.1, 0.15) is 26.4 Å². The first-order valence-corrected chi connectivity index (χ1v) is 8.84. The van der Waals surface area contributed by atoms with E-state index < -0.39 is 11.8 Å². The van der Waals surface area contributed by atoms with Gasteiger partial charge in [0.05, 0.1) is 5.56 Å². The minimum Gasteiger partial charge on any atom is -0.365 e. The molecule has 1 aromatic carbocycles. The zero-order valence-corrected chi connectivity index (χ0v) is 15.9. The van der Waals surface area contributed by atoms with Gasteiger partial charge in [0.1, 0.15) is 5.00 Å². The molecule has 2 aromatic rings. The largest absolute Gasteiger partial charge is 0.365 e. The summed E-state index contributed by atoms with van der Waals surface area (Å²) in [4.78, 5) is 24.5. The van der Waals surface area contributed by atoms with Crippen LogP contribution >= 0.6 is 35.2 Å². The van der Waals surface area contributed by atoms with Gasteiger partial charge >= 0.3 is 0 Å². The number of halogens is 1. The van der Waals surface area contributed by atoms with E-state index in [0.717, 1.165) is 16.0 Å². The lowest BCUT2D eigenvalue weighted by atomic mass is 10.1. The van der Waals surface area contributed by atoms with E-state index in [2.05, 4.69) is 10.6 Å². The van der Waals surface area contributed by atoms with E-state index in [1.54, 1.807) is 24.3 Å². The van der Waals surface area contributed by atoms with Crippen molar-refractivity contribution in [2.75, 3.05) is 5.32 Å². The molecule has 1 heterocycles. The summed E-state index contributed by atoms with van der Waals surface area (Å²) in [5, 5.41) is 6.51. The van der Waals surface area contributed by atoms with E-state index in [-0.39, 0.29) is 5.11 Å². The van der Waals surface area contributed by atoms with Crippen LogP contribution in [-0.2, 0) is 4.79 Å². The number of hydrogen-bond donors (Lipinski definition) is 3. The molecule has 8 heteroatoms. The zero-order chi connectivity index (χ0) is 18.6. The van der Waals surface area contributed by atoms with Crippen LogP contribution in [0.15, 0.2) is 30.3 Å². The molecule has 0 bridgehead atoms. The van der Waals surface area contributed by atoms with Crippen LogP contribution in [0, 0.1) is 13.8 Å². The van der Waals surface area contributed by atoms with Gasteiger partial charge in [-0.1, -0.05) is 29.8 Å². The van der Waals surface area contributed by atoms with Crippen molar-refractivity contribution in [1.82, 2.24) is 5.32 Å². The summed E-state index contributed by atoms with van der Waals surface area (Å²) in [6.07, 6.45) is 2.92. The molecule has 130 valence electrons. The quantitative estimate of drug-likeness (QED) is 0.547. The molecule has 25 heavy (non-hydrogen) atoms. The summed E-state index contributed by atoms with van der Waals surface area (Å²) in [5.74, 6) is -0.958. The van der Waals surface area contributed by atoms with Gasteiger partial charge in [-0.15, -0.1) is 11.3 Å². The molecule has 4 N–H and O–H groups in total. The normalized spacial score (nSPS) is 10.7. The number of primary amides is 1. The van der Waals surface area contributed by atoms with Gasteiger partial charge in [0.15, 0.2) is 5.11 Å². The molecule has 0 aliphatic rings. The van der Waals surface area contributed by atoms with Crippen molar-refractivity contribution in [2.45, 2.75) is 13.8 Å². The fraction of sp³-hybridized carbons (Fsp3) is 0.118. The highest BCUT2D eigenvalue weighted by molar-refractivity contribution is 7.80. The third kappa shape index (κ3) is 4.88. The predicted molar refractivity (Wildman–Crippen MR) is 107 cm³/mol. The average molecular weight is 394 g/mol. The third-order valence-corrected chi connectivity index (χ3v) is 5.09. The number of aryl methyl sites for hydroxylation is 1. The summed E-state index contributed by atoms with van der Waals surface area (Å²) in [7, 11) is 0. The maximum atomic E-state index is 12.0. The monoisotopic (exact) mass is 393 g/mol. The summed E-state index contributed by atoms with van der Waals surface area (Å²) in [6, 6.07) is 7.15. The second-order valence-electron chi connectivity index (χ2n) is 5.15. The van der Waals surface area contributed by atoms with Gasteiger partial charge in [-0.25, -0.2) is 0 Å². The standard InChI is InChI=1S/C17H16ClN3O2S2/c1-9-10(2)25-16(14(9)15(19)23)21-17(24)20-13(22)8-7-11-5-3-4-6-12(11)18/h3-8H,1-2H3,(H2,19,23)(H2,20,21,22,24)/b8-7+. The van der Waals surface area contributed by atoms with Crippen LogP contribution in [0.4, 0.5) is 5.00 Å².